The molecule has 20 heavy (non-hydrogen) atoms. The lowest BCUT2D eigenvalue weighted by Gasteiger charge is -2.10. The van der Waals surface area contributed by atoms with Gasteiger partial charge in [0.25, 0.3) is 0 Å². The lowest BCUT2D eigenvalue weighted by molar-refractivity contribution is 0.0689. The van der Waals surface area contributed by atoms with Crippen molar-refractivity contribution in [3.8, 4) is 5.75 Å². The van der Waals surface area contributed by atoms with Crippen LogP contribution in [0, 0.1) is 0 Å². The molecule has 1 heterocycles. The van der Waals surface area contributed by atoms with Crippen LogP contribution in [0.5, 0.6) is 5.75 Å². The Labute approximate surface area is 117 Å². The van der Waals surface area contributed by atoms with Gasteiger partial charge in [-0.3, -0.25) is 0 Å². The van der Waals surface area contributed by atoms with Crippen molar-refractivity contribution in [3.63, 3.8) is 0 Å². The average molecular weight is 275 g/mol. The van der Waals surface area contributed by atoms with Gasteiger partial charge in [0.2, 0.25) is 0 Å². The van der Waals surface area contributed by atoms with Crippen LogP contribution in [0.2, 0.25) is 0 Å². The molecule has 1 aromatic carbocycles. The molecule has 0 fully saturated rings. The van der Waals surface area contributed by atoms with E-state index < -0.39 is 5.97 Å². The molecule has 0 amide bonds. The number of carboxylic acids is 1. The molecule has 1 aromatic heterocycles. The third-order valence-corrected chi connectivity index (χ3v) is 3.01. The predicted octanol–water partition coefficient (Wildman–Crippen LogP) is 2.16. The summed E-state index contributed by atoms with van der Waals surface area (Å²) in [4.78, 5) is 11.2. The van der Waals surface area contributed by atoms with E-state index in [-0.39, 0.29) is 11.7 Å². The van der Waals surface area contributed by atoms with Gasteiger partial charge in [-0.05, 0) is 31.5 Å². The maximum absolute atomic E-state index is 11.2. The summed E-state index contributed by atoms with van der Waals surface area (Å²) in [7, 11) is 1.61. The van der Waals surface area contributed by atoms with Crippen molar-refractivity contribution in [2.75, 3.05) is 7.11 Å². The second-order valence-corrected chi connectivity index (χ2v) is 4.75. The summed E-state index contributed by atoms with van der Waals surface area (Å²) in [6, 6.07) is 7.56. The van der Waals surface area contributed by atoms with Gasteiger partial charge in [-0.2, -0.15) is 0 Å². The Morgan fingerprint density at radius 2 is 2.00 bits per heavy atom. The molecule has 0 saturated carbocycles. The monoisotopic (exact) mass is 275 g/mol. The van der Waals surface area contributed by atoms with Gasteiger partial charge in [-0.1, -0.05) is 17.3 Å². The summed E-state index contributed by atoms with van der Waals surface area (Å²) < 4.78 is 6.75. The van der Waals surface area contributed by atoms with Crippen molar-refractivity contribution >= 4 is 5.97 Å². The molecule has 106 valence electrons. The number of aromatic carboxylic acids is 1. The summed E-state index contributed by atoms with van der Waals surface area (Å²) in [5.41, 5.74) is 1.60. The second kappa shape index (κ2) is 5.73. The molecule has 0 unspecified atom stereocenters. The van der Waals surface area contributed by atoms with E-state index >= 15 is 0 Å². The molecule has 0 aliphatic carbocycles. The molecule has 0 aliphatic heterocycles. The largest absolute Gasteiger partial charge is 0.497 e. The highest BCUT2D eigenvalue weighted by Gasteiger charge is 2.20. The number of rotatable bonds is 5. The first kappa shape index (κ1) is 14.0. The fraction of sp³-hybridized carbons (Fsp3) is 0.357. The third-order valence-electron chi connectivity index (χ3n) is 3.01. The normalized spacial score (nSPS) is 10.8. The Bertz CT molecular complexity index is 603. The summed E-state index contributed by atoms with van der Waals surface area (Å²) >= 11 is 0. The number of benzene rings is 1. The Hall–Kier alpha value is -2.37. The fourth-order valence-corrected chi connectivity index (χ4v) is 2.00. The van der Waals surface area contributed by atoms with Gasteiger partial charge in [0, 0.05) is 12.5 Å². The second-order valence-electron chi connectivity index (χ2n) is 4.75. The first-order chi connectivity index (χ1) is 9.52. The lowest BCUT2D eigenvalue weighted by Crippen LogP contribution is -2.11. The molecule has 0 bridgehead atoms. The van der Waals surface area contributed by atoms with E-state index in [1.54, 1.807) is 11.8 Å². The van der Waals surface area contributed by atoms with Crippen LogP contribution in [0.25, 0.3) is 0 Å². The highest BCUT2D eigenvalue weighted by atomic mass is 16.5. The van der Waals surface area contributed by atoms with Crippen LogP contribution in [0.1, 0.15) is 41.6 Å². The van der Waals surface area contributed by atoms with Crippen molar-refractivity contribution in [2.24, 2.45) is 0 Å². The van der Waals surface area contributed by atoms with Crippen molar-refractivity contribution in [1.82, 2.24) is 15.0 Å². The molecule has 0 atom stereocenters. The van der Waals surface area contributed by atoms with E-state index in [1.165, 1.54) is 0 Å². The highest BCUT2D eigenvalue weighted by molar-refractivity contribution is 5.86. The number of hydrogen-bond donors (Lipinski definition) is 1. The maximum atomic E-state index is 11.2. The Morgan fingerprint density at radius 1 is 1.35 bits per heavy atom. The molecular weight excluding hydrogens is 258 g/mol. The standard InChI is InChI=1S/C14H17N3O3/c1-9(2)17-12(13(14(18)19)15-16-17)8-10-4-6-11(20-3)7-5-10/h4-7,9H,8H2,1-3H3,(H,18,19). The number of aromatic nitrogens is 3. The molecule has 0 spiro atoms. The van der Waals surface area contributed by atoms with Crippen molar-refractivity contribution in [1.29, 1.82) is 0 Å². The van der Waals surface area contributed by atoms with Crippen LogP contribution in [0.4, 0.5) is 0 Å². The van der Waals surface area contributed by atoms with Crippen LogP contribution in [-0.4, -0.2) is 33.2 Å². The molecular formula is C14H17N3O3. The average Bonchev–Trinajstić information content (AvgIpc) is 2.83. The fourth-order valence-electron chi connectivity index (χ4n) is 2.00. The molecule has 6 nitrogen and oxygen atoms in total. The maximum Gasteiger partial charge on any atom is 0.358 e. The van der Waals surface area contributed by atoms with Gasteiger partial charge in [0.05, 0.1) is 12.8 Å². The first-order valence-electron chi connectivity index (χ1n) is 6.33. The molecule has 1 N–H and O–H groups in total. The Balaban J connectivity index is 2.35. The number of hydrogen-bond acceptors (Lipinski definition) is 4. The van der Waals surface area contributed by atoms with E-state index in [2.05, 4.69) is 10.3 Å². The number of methoxy groups -OCH3 is 1. The summed E-state index contributed by atoms with van der Waals surface area (Å²) in [6.07, 6.45) is 0.469. The van der Waals surface area contributed by atoms with E-state index in [9.17, 15) is 9.90 Å². The van der Waals surface area contributed by atoms with Crippen molar-refractivity contribution in [3.05, 3.63) is 41.2 Å². The van der Waals surface area contributed by atoms with Crippen molar-refractivity contribution < 1.29 is 14.6 Å². The molecule has 2 aromatic rings. The summed E-state index contributed by atoms with van der Waals surface area (Å²) in [5.74, 6) is -0.289. The molecule has 6 heteroatoms. The number of carboxylic acid groups (broad SMARTS) is 1. The number of ether oxygens (including phenoxy) is 1. The van der Waals surface area contributed by atoms with Crippen LogP contribution in [-0.2, 0) is 6.42 Å². The van der Waals surface area contributed by atoms with Crippen LogP contribution in [0.15, 0.2) is 24.3 Å². The zero-order chi connectivity index (χ0) is 14.7. The summed E-state index contributed by atoms with van der Waals surface area (Å²) in [5, 5.41) is 16.9. The summed E-state index contributed by atoms with van der Waals surface area (Å²) in [6.45, 7) is 3.88. The Morgan fingerprint density at radius 3 is 2.50 bits per heavy atom. The molecule has 0 radical (unpaired) electrons. The first-order valence-corrected chi connectivity index (χ1v) is 6.33. The van der Waals surface area contributed by atoms with Gasteiger partial charge in [-0.15, -0.1) is 5.10 Å². The third kappa shape index (κ3) is 2.79. The van der Waals surface area contributed by atoms with Crippen LogP contribution in [0.3, 0.4) is 0 Å². The van der Waals surface area contributed by atoms with Crippen molar-refractivity contribution in [2.45, 2.75) is 26.3 Å². The van der Waals surface area contributed by atoms with Gasteiger partial charge in [0.1, 0.15) is 5.75 Å². The minimum absolute atomic E-state index is 0.00881. The van der Waals surface area contributed by atoms with E-state index in [0.29, 0.717) is 12.1 Å². The number of nitrogens with zero attached hydrogens (tertiary/aromatic N) is 3. The SMILES string of the molecule is COc1ccc(Cc2c(C(=O)O)nnn2C(C)C)cc1. The molecule has 2 rings (SSSR count). The van der Waals surface area contributed by atoms with Gasteiger partial charge in [0.15, 0.2) is 5.69 Å². The number of carbonyl (C=O) groups is 1. The van der Waals surface area contributed by atoms with Gasteiger partial charge >= 0.3 is 5.97 Å². The Kier molecular flexibility index (Phi) is 4.02. The highest BCUT2D eigenvalue weighted by Crippen LogP contribution is 2.18. The predicted molar refractivity (Wildman–Crippen MR) is 73.2 cm³/mol. The lowest BCUT2D eigenvalue weighted by atomic mass is 10.1. The minimum Gasteiger partial charge on any atom is -0.497 e. The van der Waals surface area contributed by atoms with Crippen LogP contribution >= 0.6 is 0 Å². The molecule has 0 saturated heterocycles. The van der Waals surface area contributed by atoms with Gasteiger partial charge < -0.3 is 9.84 Å². The van der Waals surface area contributed by atoms with E-state index in [1.807, 2.05) is 38.1 Å². The van der Waals surface area contributed by atoms with E-state index in [4.69, 9.17) is 4.74 Å². The minimum atomic E-state index is -1.06. The topological polar surface area (TPSA) is 77.2 Å². The zero-order valence-electron chi connectivity index (χ0n) is 11.7. The van der Waals surface area contributed by atoms with Crippen LogP contribution < -0.4 is 4.74 Å². The van der Waals surface area contributed by atoms with Gasteiger partial charge in [-0.25, -0.2) is 9.48 Å². The zero-order valence-corrected chi connectivity index (χ0v) is 11.7. The smallest absolute Gasteiger partial charge is 0.358 e. The van der Waals surface area contributed by atoms with E-state index in [0.717, 1.165) is 11.3 Å². The molecule has 0 aliphatic rings. The quantitative estimate of drug-likeness (QED) is 0.904.